The molecule has 2 fully saturated rings. The zero-order valence-corrected chi connectivity index (χ0v) is 16.8. The molecule has 154 valence electrons. The van der Waals surface area contributed by atoms with E-state index in [1.165, 1.54) is 24.3 Å². The Morgan fingerprint density at radius 1 is 1.04 bits per heavy atom. The second kappa shape index (κ2) is 9.37. The van der Waals surface area contributed by atoms with Gasteiger partial charge in [-0.3, -0.25) is 14.5 Å². The molecule has 2 aliphatic heterocycles. The first-order valence-electron chi connectivity index (χ1n) is 10.1. The van der Waals surface area contributed by atoms with E-state index < -0.39 is 0 Å². The third-order valence-electron chi connectivity index (χ3n) is 5.84. The van der Waals surface area contributed by atoms with Crippen LogP contribution in [0.4, 0.5) is 4.39 Å². The molecule has 6 nitrogen and oxygen atoms in total. The summed E-state index contributed by atoms with van der Waals surface area (Å²) in [5, 5.41) is 0. The Bertz CT molecular complexity index is 666. The first-order valence-corrected chi connectivity index (χ1v) is 10.1. The van der Waals surface area contributed by atoms with Crippen molar-refractivity contribution in [2.45, 2.75) is 32.7 Å². The molecule has 1 atom stereocenters. The lowest BCUT2D eigenvalue weighted by molar-refractivity contribution is -0.140. The summed E-state index contributed by atoms with van der Waals surface area (Å²) in [6.07, 6.45) is 2.16. The molecular weight excluding hydrogens is 361 g/mol. The Kier molecular flexibility index (Phi) is 6.88. The van der Waals surface area contributed by atoms with Crippen molar-refractivity contribution >= 4 is 11.8 Å². The Morgan fingerprint density at radius 3 is 2.25 bits per heavy atom. The number of ether oxygens (including phenoxy) is 1. The molecule has 3 rings (SSSR count). The Morgan fingerprint density at radius 2 is 1.64 bits per heavy atom. The summed E-state index contributed by atoms with van der Waals surface area (Å²) in [5.74, 6) is 0.950. The van der Waals surface area contributed by atoms with Crippen LogP contribution in [0.15, 0.2) is 24.3 Å². The largest absolute Gasteiger partial charge is 0.484 e. The molecular formula is C21H30FN3O3. The predicted octanol–water partition coefficient (Wildman–Crippen LogP) is 2.00. The topological polar surface area (TPSA) is 53.1 Å². The number of rotatable bonds is 5. The number of benzene rings is 1. The number of piperazine rings is 1. The summed E-state index contributed by atoms with van der Waals surface area (Å²) >= 11 is 0. The molecule has 1 unspecified atom stereocenters. The van der Waals surface area contributed by atoms with Gasteiger partial charge in [0, 0.05) is 39.3 Å². The fourth-order valence-electron chi connectivity index (χ4n) is 3.78. The maximum absolute atomic E-state index is 12.9. The third-order valence-corrected chi connectivity index (χ3v) is 5.84. The van der Waals surface area contributed by atoms with Gasteiger partial charge in [-0.05, 0) is 49.9 Å². The predicted molar refractivity (Wildman–Crippen MR) is 104 cm³/mol. The highest BCUT2D eigenvalue weighted by Gasteiger charge is 2.31. The number of hydrogen-bond acceptors (Lipinski definition) is 4. The highest BCUT2D eigenvalue weighted by atomic mass is 19.1. The summed E-state index contributed by atoms with van der Waals surface area (Å²) in [6, 6.07) is 5.48. The molecule has 2 amide bonds. The molecule has 2 heterocycles. The van der Waals surface area contributed by atoms with Crippen molar-refractivity contribution in [3.63, 3.8) is 0 Å². The molecule has 7 heteroatoms. The van der Waals surface area contributed by atoms with Crippen molar-refractivity contribution in [3.05, 3.63) is 30.1 Å². The van der Waals surface area contributed by atoms with Gasteiger partial charge >= 0.3 is 0 Å². The highest BCUT2D eigenvalue weighted by molar-refractivity contribution is 5.81. The smallest absolute Gasteiger partial charge is 0.260 e. The van der Waals surface area contributed by atoms with Crippen molar-refractivity contribution in [2.75, 3.05) is 45.9 Å². The van der Waals surface area contributed by atoms with E-state index in [4.69, 9.17) is 4.74 Å². The Balaban J connectivity index is 1.42. The van der Waals surface area contributed by atoms with Crippen LogP contribution in [-0.4, -0.2) is 78.4 Å². The Hall–Kier alpha value is -2.15. The van der Waals surface area contributed by atoms with Crippen LogP contribution in [-0.2, 0) is 9.59 Å². The van der Waals surface area contributed by atoms with Crippen molar-refractivity contribution in [1.29, 1.82) is 0 Å². The number of halogens is 1. The van der Waals surface area contributed by atoms with E-state index in [2.05, 4.69) is 11.8 Å². The second-order valence-corrected chi connectivity index (χ2v) is 7.84. The fraction of sp³-hybridized carbons (Fsp3) is 0.619. The molecule has 0 radical (unpaired) electrons. The Labute approximate surface area is 166 Å². The SMILES string of the molecule is CC1CCN(C(=O)C(C)N2CCN(C(=O)COc3ccc(F)cc3)CC2)CC1. The minimum Gasteiger partial charge on any atom is -0.484 e. The van der Waals surface area contributed by atoms with Gasteiger partial charge in [-0.15, -0.1) is 0 Å². The summed E-state index contributed by atoms with van der Waals surface area (Å²) in [7, 11) is 0. The summed E-state index contributed by atoms with van der Waals surface area (Å²) in [4.78, 5) is 31.0. The average Bonchev–Trinajstić information content (AvgIpc) is 2.73. The minimum absolute atomic E-state index is 0.0634. The molecule has 0 aliphatic carbocycles. The van der Waals surface area contributed by atoms with Gasteiger partial charge in [-0.25, -0.2) is 4.39 Å². The van der Waals surface area contributed by atoms with Crippen LogP contribution in [0.2, 0.25) is 0 Å². The van der Waals surface area contributed by atoms with Gasteiger partial charge in [-0.2, -0.15) is 0 Å². The van der Waals surface area contributed by atoms with Gasteiger partial charge in [0.25, 0.3) is 5.91 Å². The number of hydrogen-bond donors (Lipinski definition) is 0. The molecule has 0 aromatic heterocycles. The fourth-order valence-corrected chi connectivity index (χ4v) is 3.78. The van der Waals surface area contributed by atoms with E-state index in [9.17, 15) is 14.0 Å². The van der Waals surface area contributed by atoms with Crippen molar-refractivity contribution in [2.24, 2.45) is 5.92 Å². The van der Waals surface area contributed by atoms with Gasteiger partial charge in [0.2, 0.25) is 5.91 Å². The normalized spacial score (nSPS) is 20.1. The van der Waals surface area contributed by atoms with E-state index in [1.54, 1.807) is 4.90 Å². The molecule has 0 saturated carbocycles. The molecule has 1 aromatic rings. The summed E-state index contributed by atoms with van der Waals surface area (Å²) in [5.41, 5.74) is 0. The number of carbonyl (C=O) groups is 2. The minimum atomic E-state index is -0.336. The van der Waals surface area contributed by atoms with E-state index in [-0.39, 0.29) is 30.3 Å². The van der Waals surface area contributed by atoms with Crippen LogP contribution in [0.3, 0.4) is 0 Å². The summed E-state index contributed by atoms with van der Waals surface area (Å²) < 4.78 is 18.4. The van der Waals surface area contributed by atoms with Crippen molar-refractivity contribution in [3.8, 4) is 5.75 Å². The van der Waals surface area contributed by atoms with Crippen LogP contribution < -0.4 is 4.74 Å². The van der Waals surface area contributed by atoms with Gasteiger partial charge in [0.1, 0.15) is 11.6 Å². The van der Waals surface area contributed by atoms with Crippen LogP contribution in [0, 0.1) is 11.7 Å². The first kappa shape index (κ1) is 20.6. The van der Waals surface area contributed by atoms with Crippen LogP contribution >= 0.6 is 0 Å². The van der Waals surface area contributed by atoms with Crippen LogP contribution in [0.5, 0.6) is 5.75 Å². The highest BCUT2D eigenvalue weighted by Crippen LogP contribution is 2.18. The van der Waals surface area contributed by atoms with Gasteiger partial charge in [-0.1, -0.05) is 6.92 Å². The van der Waals surface area contributed by atoms with E-state index in [1.807, 2.05) is 11.8 Å². The number of piperidine rings is 1. The maximum Gasteiger partial charge on any atom is 0.260 e. The molecule has 0 spiro atoms. The lowest BCUT2D eigenvalue weighted by Crippen LogP contribution is -2.56. The molecule has 0 bridgehead atoms. The van der Waals surface area contributed by atoms with Crippen LogP contribution in [0.25, 0.3) is 0 Å². The van der Waals surface area contributed by atoms with Crippen molar-refractivity contribution < 1.29 is 18.7 Å². The number of nitrogens with zero attached hydrogens (tertiary/aromatic N) is 3. The van der Waals surface area contributed by atoms with Gasteiger partial charge in [0.15, 0.2) is 6.61 Å². The molecule has 2 aliphatic rings. The number of amides is 2. The quantitative estimate of drug-likeness (QED) is 0.770. The van der Waals surface area contributed by atoms with E-state index in [0.717, 1.165) is 25.9 Å². The molecule has 0 N–H and O–H groups in total. The van der Waals surface area contributed by atoms with E-state index in [0.29, 0.717) is 37.8 Å². The van der Waals surface area contributed by atoms with E-state index >= 15 is 0 Å². The monoisotopic (exact) mass is 391 g/mol. The zero-order chi connectivity index (χ0) is 20.1. The molecule has 1 aromatic carbocycles. The van der Waals surface area contributed by atoms with Gasteiger partial charge in [0.05, 0.1) is 6.04 Å². The molecule has 2 saturated heterocycles. The number of carbonyl (C=O) groups excluding carboxylic acids is 2. The average molecular weight is 391 g/mol. The number of likely N-dealkylation sites (tertiary alicyclic amines) is 1. The first-order chi connectivity index (χ1) is 13.4. The maximum atomic E-state index is 12.9. The standard InChI is InChI=1S/C21H30FN3O3/c1-16-7-9-25(10-8-16)21(27)17(2)23-11-13-24(14-12-23)20(26)15-28-19-5-3-18(22)4-6-19/h3-6,16-17H,7-15H2,1-2H3. The zero-order valence-electron chi connectivity index (χ0n) is 16.8. The van der Waals surface area contributed by atoms with Gasteiger partial charge < -0.3 is 14.5 Å². The second-order valence-electron chi connectivity index (χ2n) is 7.84. The lowest BCUT2D eigenvalue weighted by Gasteiger charge is -2.40. The summed E-state index contributed by atoms with van der Waals surface area (Å²) in [6.45, 7) is 8.37. The lowest BCUT2D eigenvalue weighted by atomic mass is 9.98. The van der Waals surface area contributed by atoms with Crippen molar-refractivity contribution in [1.82, 2.24) is 14.7 Å². The third kappa shape index (κ3) is 5.22. The molecule has 28 heavy (non-hydrogen) atoms. The van der Waals surface area contributed by atoms with Crippen LogP contribution in [0.1, 0.15) is 26.7 Å².